The molecule has 1 amide bonds. The first-order valence-corrected chi connectivity index (χ1v) is 15.2. The van der Waals surface area contributed by atoms with Crippen molar-refractivity contribution in [1.82, 2.24) is 14.3 Å². The molecule has 0 N–H and O–H groups in total. The maximum absolute atomic E-state index is 12.9. The number of thioether (sulfide) groups is 1. The number of rotatable bonds is 7. The van der Waals surface area contributed by atoms with E-state index in [1.165, 1.54) is 0 Å². The standard InChI is InChI=1S/C26H27ClN4O3S2/c1-35-18-22-17-31-24(28-22)3-2-4-25(31)29-10-12-30(13-11-29)26(32)9-14-36(33,34)23-8-6-19-15-21(27)7-5-20(19)16-23/h2-8,15-17H,9-14,18H2,1H3. The Morgan fingerprint density at radius 3 is 2.56 bits per heavy atom. The Kier molecular flexibility index (Phi) is 7.14. The van der Waals surface area contributed by atoms with Crippen molar-refractivity contribution in [2.75, 3.05) is 43.1 Å². The van der Waals surface area contributed by atoms with Crippen molar-refractivity contribution in [2.24, 2.45) is 0 Å². The van der Waals surface area contributed by atoms with E-state index in [1.807, 2.05) is 12.1 Å². The van der Waals surface area contributed by atoms with E-state index in [0.29, 0.717) is 31.2 Å². The Labute approximate surface area is 220 Å². The molecule has 0 radical (unpaired) electrons. The highest BCUT2D eigenvalue weighted by Crippen LogP contribution is 2.24. The normalized spacial score (nSPS) is 14.6. The average molecular weight is 543 g/mol. The Balaban J connectivity index is 1.20. The second-order valence-electron chi connectivity index (χ2n) is 8.87. The van der Waals surface area contributed by atoms with E-state index in [1.54, 1.807) is 53.1 Å². The number of aromatic nitrogens is 2. The van der Waals surface area contributed by atoms with E-state index < -0.39 is 9.84 Å². The Morgan fingerprint density at radius 1 is 1.03 bits per heavy atom. The van der Waals surface area contributed by atoms with Crippen LogP contribution in [0.5, 0.6) is 0 Å². The lowest BCUT2D eigenvalue weighted by atomic mass is 10.1. The molecule has 0 spiro atoms. The van der Waals surface area contributed by atoms with Crippen LogP contribution in [0.2, 0.25) is 5.02 Å². The molecule has 2 aromatic heterocycles. The molecule has 1 fully saturated rings. The van der Waals surface area contributed by atoms with Crippen LogP contribution in [-0.2, 0) is 20.4 Å². The van der Waals surface area contributed by atoms with Crippen molar-refractivity contribution in [3.05, 3.63) is 71.5 Å². The van der Waals surface area contributed by atoms with Crippen molar-refractivity contribution in [3.8, 4) is 0 Å². The minimum Gasteiger partial charge on any atom is -0.354 e. The highest BCUT2D eigenvalue weighted by Gasteiger charge is 2.25. The van der Waals surface area contributed by atoms with E-state index >= 15 is 0 Å². The summed E-state index contributed by atoms with van der Waals surface area (Å²) in [4.78, 5) is 21.8. The van der Waals surface area contributed by atoms with Gasteiger partial charge in [0.1, 0.15) is 11.5 Å². The van der Waals surface area contributed by atoms with Gasteiger partial charge in [0.2, 0.25) is 5.91 Å². The van der Waals surface area contributed by atoms with E-state index in [-0.39, 0.29) is 23.0 Å². The van der Waals surface area contributed by atoms with Gasteiger partial charge in [-0.15, -0.1) is 0 Å². The number of pyridine rings is 1. The van der Waals surface area contributed by atoms with Crippen LogP contribution in [0.1, 0.15) is 12.1 Å². The van der Waals surface area contributed by atoms with Gasteiger partial charge in [-0.2, -0.15) is 11.8 Å². The van der Waals surface area contributed by atoms with Crippen molar-refractivity contribution in [2.45, 2.75) is 17.1 Å². The number of piperazine rings is 1. The van der Waals surface area contributed by atoms with E-state index in [0.717, 1.165) is 33.7 Å². The van der Waals surface area contributed by atoms with E-state index in [4.69, 9.17) is 11.6 Å². The van der Waals surface area contributed by atoms with Gasteiger partial charge < -0.3 is 9.80 Å². The summed E-state index contributed by atoms with van der Waals surface area (Å²) in [7, 11) is -3.58. The number of hydrogen-bond acceptors (Lipinski definition) is 6. The van der Waals surface area contributed by atoms with Crippen molar-refractivity contribution >= 4 is 61.3 Å². The fraction of sp³-hybridized carbons (Fsp3) is 0.308. The number of benzene rings is 2. The monoisotopic (exact) mass is 542 g/mol. The molecule has 5 rings (SSSR count). The van der Waals surface area contributed by atoms with Gasteiger partial charge in [-0.3, -0.25) is 9.20 Å². The van der Waals surface area contributed by atoms with Gasteiger partial charge in [-0.1, -0.05) is 29.8 Å². The Bertz CT molecular complexity index is 1530. The zero-order valence-electron chi connectivity index (χ0n) is 19.9. The molecule has 1 aliphatic rings. The number of imidazole rings is 1. The lowest BCUT2D eigenvalue weighted by Gasteiger charge is -2.36. The summed E-state index contributed by atoms with van der Waals surface area (Å²) in [5.74, 6) is 1.57. The lowest BCUT2D eigenvalue weighted by Crippen LogP contribution is -2.49. The summed E-state index contributed by atoms with van der Waals surface area (Å²) in [6.07, 6.45) is 4.10. The van der Waals surface area contributed by atoms with Gasteiger partial charge in [0, 0.05) is 49.6 Å². The lowest BCUT2D eigenvalue weighted by molar-refractivity contribution is -0.131. The third-order valence-electron chi connectivity index (χ3n) is 6.49. The molecule has 3 heterocycles. The number of halogens is 1. The van der Waals surface area contributed by atoms with Crippen LogP contribution in [0.15, 0.2) is 65.7 Å². The molecule has 0 bridgehead atoms. The molecule has 1 saturated heterocycles. The quantitative estimate of drug-likeness (QED) is 0.342. The molecule has 0 atom stereocenters. The number of anilines is 1. The van der Waals surface area contributed by atoms with Crippen LogP contribution in [0.4, 0.5) is 5.82 Å². The molecule has 36 heavy (non-hydrogen) atoms. The average Bonchev–Trinajstić information content (AvgIpc) is 3.30. The number of nitrogens with zero attached hydrogens (tertiary/aromatic N) is 4. The summed E-state index contributed by atoms with van der Waals surface area (Å²) in [6, 6.07) is 16.4. The summed E-state index contributed by atoms with van der Waals surface area (Å²) >= 11 is 7.76. The first-order valence-electron chi connectivity index (χ1n) is 11.7. The van der Waals surface area contributed by atoms with Gasteiger partial charge in [-0.05, 0) is 53.4 Å². The van der Waals surface area contributed by atoms with Gasteiger partial charge in [0.05, 0.1) is 16.3 Å². The second-order valence-corrected chi connectivity index (χ2v) is 12.3. The molecule has 7 nitrogen and oxygen atoms in total. The molecule has 0 saturated carbocycles. The highest BCUT2D eigenvalue weighted by molar-refractivity contribution is 7.97. The maximum Gasteiger partial charge on any atom is 0.223 e. The molecule has 1 aliphatic heterocycles. The zero-order valence-corrected chi connectivity index (χ0v) is 22.3. The number of sulfone groups is 1. The number of carbonyl (C=O) groups is 1. The molecule has 0 unspecified atom stereocenters. The predicted octanol–water partition coefficient (Wildman–Crippen LogP) is 4.52. The third kappa shape index (κ3) is 5.19. The van der Waals surface area contributed by atoms with Crippen LogP contribution in [0.25, 0.3) is 16.4 Å². The highest BCUT2D eigenvalue weighted by atomic mass is 35.5. The van der Waals surface area contributed by atoms with Gasteiger partial charge in [-0.25, -0.2) is 13.4 Å². The summed E-state index contributed by atoms with van der Waals surface area (Å²) in [5.41, 5.74) is 1.96. The number of carbonyl (C=O) groups excluding carboxylic acids is 1. The number of hydrogen-bond donors (Lipinski definition) is 0. The van der Waals surface area contributed by atoms with Gasteiger partial charge >= 0.3 is 0 Å². The van der Waals surface area contributed by atoms with Crippen LogP contribution >= 0.6 is 23.4 Å². The largest absolute Gasteiger partial charge is 0.354 e. The Hall–Kier alpha value is -2.75. The smallest absolute Gasteiger partial charge is 0.223 e. The van der Waals surface area contributed by atoms with Crippen LogP contribution < -0.4 is 4.90 Å². The minimum absolute atomic E-state index is 0.0316. The molecular formula is C26H27ClN4O3S2. The van der Waals surface area contributed by atoms with E-state index in [2.05, 4.69) is 32.8 Å². The van der Waals surface area contributed by atoms with Crippen LogP contribution in [-0.4, -0.2) is 66.8 Å². The summed E-state index contributed by atoms with van der Waals surface area (Å²) in [5, 5.41) is 2.28. The Morgan fingerprint density at radius 2 is 1.78 bits per heavy atom. The molecular weight excluding hydrogens is 516 g/mol. The fourth-order valence-corrected chi connectivity index (χ4v) is 6.47. The molecule has 10 heteroatoms. The molecule has 4 aromatic rings. The maximum atomic E-state index is 12.9. The second kappa shape index (κ2) is 10.3. The van der Waals surface area contributed by atoms with Crippen molar-refractivity contribution in [3.63, 3.8) is 0 Å². The number of amides is 1. The first kappa shape index (κ1) is 24.9. The zero-order chi connectivity index (χ0) is 25.3. The predicted molar refractivity (Wildman–Crippen MR) is 147 cm³/mol. The van der Waals surface area contributed by atoms with Crippen LogP contribution in [0, 0.1) is 0 Å². The van der Waals surface area contributed by atoms with Crippen molar-refractivity contribution in [1.29, 1.82) is 0 Å². The topological polar surface area (TPSA) is 75.0 Å². The van der Waals surface area contributed by atoms with Gasteiger partial charge in [0.25, 0.3) is 0 Å². The molecule has 2 aromatic carbocycles. The molecule has 188 valence electrons. The fourth-order valence-electron chi connectivity index (χ4n) is 4.59. The molecule has 0 aliphatic carbocycles. The van der Waals surface area contributed by atoms with E-state index in [9.17, 15) is 13.2 Å². The summed E-state index contributed by atoms with van der Waals surface area (Å²) < 4.78 is 28.0. The third-order valence-corrected chi connectivity index (χ3v) is 9.02. The minimum atomic E-state index is -3.58. The first-order chi connectivity index (χ1) is 17.3. The number of fused-ring (bicyclic) bond motifs is 2. The van der Waals surface area contributed by atoms with Gasteiger partial charge in [0.15, 0.2) is 9.84 Å². The van der Waals surface area contributed by atoms with Crippen LogP contribution in [0.3, 0.4) is 0 Å². The summed E-state index contributed by atoms with van der Waals surface area (Å²) in [6.45, 7) is 2.47. The SMILES string of the molecule is CSCc1cn2c(N3CCN(C(=O)CCS(=O)(=O)c4ccc5cc(Cl)ccc5c4)CC3)cccc2n1. The van der Waals surface area contributed by atoms with Crippen molar-refractivity contribution < 1.29 is 13.2 Å².